The number of aromatic nitrogens is 5. The molecule has 0 unspecified atom stereocenters. The molecule has 34 heavy (non-hydrogen) atoms. The van der Waals surface area contributed by atoms with Gasteiger partial charge in [-0.3, -0.25) is 19.3 Å². The summed E-state index contributed by atoms with van der Waals surface area (Å²) in [5, 5.41) is 6.82. The maximum Gasteiger partial charge on any atom is 0.263 e. The van der Waals surface area contributed by atoms with Gasteiger partial charge in [-0.05, 0) is 44.4 Å². The number of amides is 1. The van der Waals surface area contributed by atoms with E-state index in [4.69, 9.17) is 4.74 Å². The highest BCUT2D eigenvalue weighted by Crippen LogP contribution is 2.25. The fraction of sp³-hybridized carbons (Fsp3) is 0.208. The topological polar surface area (TPSA) is 107 Å². The molecule has 0 saturated carbocycles. The normalized spacial score (nSPS) is 10.9. The van der Waals surface area contributed by atoms with Gasteiger partial charge in [0.25, 0.3) is 11.5 Å². The first-order valence-electron chi connectivity index (χ1n) is 10.6. The van der Waals surface area contributed by atoms with Crippen LogP contribution in [0.4, 0.5) is 5.82 Å². The van der Waals surface area contributed by atoms with Gasteiger partial charge in [-0.1, -0.05) is 0 Å². The zero-order chi connectivity index (χ0) is 24.1. The third-order valence-electron chi connectivity index (χ3n) is 5.00. The van der Waals surface area contributed by atoms with Gasteiger partial charge >= 0.3 is 0 Å². The number of pyridine rings is 3. The van der Waals surface area contributed by atoms with E-state index in [0.717, 1.165) is 11.3 Å². The summed E-state index contributed by atoms with van der Waals surface area (Å²) in [6.45, 7) is 1.18. The van der Waals surface area contributed by atoms with Crippen LogP contribution in [0.3, 0.4) is 0 Å². The second-order valence-electron chi connectivity index (χ2n) is 7.94. The number of hydrogen-bond donors (Lipinski definition) is 1. The van der Waals surface area contributed by atoms with Gasteiger partial charge in [-0.2, -0.15) is 5.10 Å². The summed E-state index contributed by atoms with van der Waals surface area (Å²) in [7, 11) is 5.69. The molecule has 0 saturated heterocycles. The van der Waals surface area contributed by atoms with Crippen LogP contribution in [0.2, 0.25) is 0 Å². The number of likely N-dealkylation sites (N-methyl/N-ethyl adjacent to an activating group) is 1. The lowest BCUT2D eigenvalue weighted by Crippen LogP contribution is -2.31. The number of rotatable bonds is 8. The molecule has 0 aliphatic carbocycles. The Morgan fingerprint density at radius 1 is 1.12 bits per heavy atom. The predicted molar refractivity (Wildman–Crippen MR) is 128 cm³/mol. The van der Waals surface area contributed by atoms with Crippen molar-refractivity contribution in [2.24, 2.45) is 7.05 Å². The number of hydrogen-bond acceptors (Lipinski definition) is 7. The van der Waals surface area contributed by atoms with Gasteiger partial charge in [-0.25, -0.2) is 4.98 Å². The first-order valence-corrected chi connectivity index (χ1v) is 10.6. The van der Waals surface area contributed by atoms with Gasteiger partial charge in [0, 0.05) is 50.4 Å². The van der Waals surface area contributed by atoms with Crippen molar-refractivity contribution < 1.29 is 9.53 Å². The van der Waals surface area contributed by atoms with Crippen molar-refractivity contribution in [1.82, 2.24) is 29.2 Å². The fourth-order valence-corrected chi connectivity index (χ4v) is 3.21. The molecule has 0 spiro atoms. The van der Waals surface area contributed by atoms with Crippen LogP contribution >= 0.6 is 0 Å². The summed E-state index contributed by atoms with van der Waals surface area (Å²) < 4.78 is 9.10. The monoisotopic (exact) mass is 459 g/mol. The Morgan fingerprint density at radius 2 is 1.97 bits per heavy atom. The SMILES string of the molecule is CN(C)CCn1cccc(C(=O)Nc2ccc(Oc3ccnc(-c4cnn(C)c4)c3)cn2)c1=O. The maximum absolute atomic E-state index is 12.7. The van der Waals surface area contributed by atoms with Crippen LogP contribution in [-0.2, 0) is 13.6 Å². The summed E-state index contributed by atoms with van der Waals surface area (Å²) in [5.41, 5.74) is 1.33. The zero-order valence-corrected chi connectivity index (χ0v) is 19.2. The summed E-state index contributed by atoms with van der Waals surface area (Å²) in [6, 6.07) is 10.0. The van der Waals surface area contributed by atoms with Gasteiger partial charge in [0.05, 0.1) is 18.1 Å². The maximum atomic E-state index is 12.7. The summed E-state index contributed by atoms with van der Waals surface area (Å²) in [5.74, 6) is 0.883. The lowest BCUT2D eigenvalue weighted by Gasteiger charge is -2.12. The molecule has 4 heterocycles. The molecule has 1 N–H and O–H groups in total. The molecule has 0 radical (unpaired) electrons. The fourth-order valence-electron chi connectivity index (χ4n) is 3.21. The second-order valence-corrected chi connectivity index (χ2v) is 7.94. The molecule has 0 atom stereocenters. The first kappa shape index (κ1) is 22.9. The van der Waals surface area contributed by atoms with Crippen LogP contribution < -0.4 is 15.6 Å². The van der Waals surface area contributed by atoms with E-state index < -0.39 is 5.91 Å². The van der Waals surface area contributed by atoms with Crippen LogP contribution in [0.15, 0.2) is 72.2 Å². The molecule has 4 aromatic rings. The van der Waals surface area contributed by atoms with Crippen LogP contribution in [0.5, 0.6) is 11.5 Å². The Bertz CT molecular complexity index is 1340. The molecule has 174 valence electrons. The first-order chi connectivity index (χ1) is 16.4. The summed E-state index contributed by atoms with van der Waals surface area (Å²) >= 11 is 0. The highest BCUT2D eigenvalue weighted by molar-refractivity contribution is 6.03. The molecule has 0 fully saturated rings. The van der Waals surface area contributed by atoms with Gasteiger partial charge < -0.3 is 19.5 Å². The molecular formula is C24H25N7O3. The van der Waals surface area contributed by atoms with Crippen molar-refractivity contribution in [2.75, 3.05) is 26.0 Å². The van der Waals surface area contributed by atoms with Crippen LogP contribution in [0.25, 0.3) is 11.3 Å². The molecule has 1 amide bonds. The van der Waals surface area contributed by atoms with E-state index in [2.05, 4.69) is 20.4 Å². The van der Waals surface area contributed by atoms with Crippen molar-refractivity contribution >= 4 is 11.7 Å². The van der Waals surface area contributed by atoms with Crippen LogP contribution in [0, 0.1) is 0 Å². The Morgan fingerprint density at radius 3 is 2.68 bits per heavy atom. The van der Waals surface area contributed by atoms with Crippen molar-refractivity contribution in [3.05, 3.63) is 83.3 Å². The molecule has 4 rings (SSSR count). The highest BCUT2D eigenvalue weighted by Gasteiger charge is 2.13. The number of carbonyl (C=O) groups is 1. The van der Waals surface area contributed by atoms with E-state index in [9.17, 15) is 9.59 Å². The molecule has 0 aliphatic heterocycles. The Kier molecular flexibility index (Phi) is 6.79. The number of aryl methyl sites for hydroxylation is 1. The minimum absolute atomic E-state index is 0.0584. The third kappa shape index (κ3) is 5.54. The minimum Gasteiger partial charge on any atom is -0.456 e. The van der Waals surface area contributed by atoms with Gasteiger partial charge in [0.2, 0.25) is 0 Å². The number of nitrogens with zero attached hydrogens (tertiary/aromatic N) is 6. The second kappa shape index (κ2) is 10.1. The lowest BCUT2D eigenvalue weighted by molar-refractivity contribution is 0.102. The largest absolute Gasteiger partial charge is 0.456 e. The van der Waals surface area contributed by atoms with E-state index in [1.165, 1.54) is 16.8 Å². The Hall–Kier alpha value is -4.31. The quantitative estimate of drug-likeness (QED) is 0.432. The average molecular weight is 460 g/mol. The van der Waals surface area contributed by atoms with Crippen molar-refractivity contribution in [3.63, 3.8) is 0 Å². The Labute approximate surface area is 196 Å². The lowest BCUT2D eigenvalue weighted by atomic mass is 10.2. The van der Waals surface area contributed by atoms with E-state index >= 15 is 0 Å². The van der Waals surface area contributed by atoms with E-state index in [0.29, 0.717) is 30.4 Å². The van der Waals surface area contributed by atoms with E-state index in [1.54, 1.807) is 47.5 Å². The van der Waals surface area contributed by atoms with Gasteiger partial charge in [0.15, 0.2) is 0 Å². The van der Waals surface area contributed by atoms with Crippen molar-refractivity contribution in [3.8, 4) is 22.8 Å². The molecular weight excluding hydrogens is 434 g/mol. The third-order valence-corrected chi connectivity index (χ3v) is 5.00. The summed E-state index contributed by atoms with van der Waals surface area (Å²) in [6.07, 6.45) is 8.43. The zero-order valence-electron chi connectivity index (χ0n) is 19.2. The molecule has 0 bridgehead atoms. The highest BCUT2D eigenvalue weighted by atomic mass is 16.5. The van der Waals surface area contributed by atoms with Crippen LogP contribution in [-0.4, -0.2) is 55.8 Å². The van der Waals surface area contributed by atoms with Crippen LogP contribution in [0.1, 0.15) is 10.4 Å². The standard InChI is InChI=1S/C24H25N7O3/c1-29(2)11-12-31-10-4-5-20(24(31)33)23(32)28-22-7-6-19(15-26-22)34-18-8-9-25-21(13-18)17-14-27-30(3)16-17/h4-10,13-16H,11-12H2,1-3H3,(H,26,28,32). The molecule has 0 aliphatic rings. The predicted octanol–water partition coefficient (Wildman–Crippen LogP) is 2.65. The molecule has 0 aromatic carbocycles. The molecule has 4 aromatic heterocycles. The number of ether oxygens (including phenoxy) is 1. The van der Waals surface area contributed by atoms with Crippen molar-refractivity contribution in [2.45, 2.75) is 6.54 Å². The van der Waals surface area contributed by atoms with E-state index in [1.807, 2.05) is 38.3 Å². The Balaban J connectivity index is 1.42. The number of carbonyl (C=O) groups excluding carboxylic acids is 1. The van der Waals surface area contributed by atoms with Gasteiger partial charge in [-0.15, -0.1) is 0 Å². The molecule has 10 heteroatoms. The van der Waals surface area contributed by atoms with E-state index in [-0.39, 0.29) is 11.1 Å². The molecule has 10 nitrogen and oxygen atoms in total. The number of nitrogens with one attached hydrogen (secondary N) is 1. The smallest absolute Gasteiger partial charge is 0.263 e. The number of anilines is 1. The average Bonchev–Trinajstić information content (AvgIpc) is 3.26. The van der Waals surface area contributed by atoms with Gasteiger partial charge in [0.1, 0.15) is 22.9 Å². The van der Waals surface area contributed by atoms with Crippen molar-refractivity contribution in [1.29, 1.82) is 0 Å². The summed E-state index contributed by atoms with van der Waals surface area (Å²) in [4.78, 5) is 35.8. The minimum atomic E-state index is -0.513.